The predicted octanol–water partition coefficient (Wildman–Crippen LogP) is 2.85. The van der Waals surface area contributed by atoms with E-state index in [1.807, 2.05) is 0 Å². The van der Waals surface area contributed by atoms with Gasteiger partial charge in [0.15, 0.2) is 6.26 Å². The fraction of sp³-hybridized carbons (Fsp3) is 0.100. The van der Waals surface area contributed by atoms with Crippen LogP contribution in [0.15, 0.2) is 28.9 Å². The normalized spacial score (nSPS) is 12.4. The van der Waals surface area contributed by atoms with Crippen molar-refractivity contribution >= 4 is 10.1 Å². The second-order valence-corrected chi connectivity index (χ2v) is 5.17. The highest BCUT2D eigenvalue weighted by Gasteiger charge is 2.49. The first-order valence-corrected chi connectivity index (χ1v) is 6.42. The van der Waals surface area contributed by atoms with Crippen molar-refractivity contribution in [1.82, 2.24) is 4.98 Å². The first-order valence-electron chi connectivity index (χ1n) is 5.01. The molecule has 0 spiro atoms. The Labute approximate surface area is 114 Å². The molecular formula is C10H4F5NO4S. The first kappa shape index (κ1) is 15.2. The lowest BCUT2D eigenvalue weighted by Crippen LogP contribution is -2.28. The summed E-state index contributed by atoms with van der Waals surface area (Å²) in [5, 5.41) is 0. The summed E-state index contributed by atoms with van der Waals surface area (Å²) in [6.07, 6.45) is 0.460. The van der Waals surface area contributed by atoms with Crippen molar-refractivity contribution in [2.45, 2.75) is 5.51 Å². The Morgan fingerprint density at radius 2 is 1.67 bits per heavy atom. The van der Waals surface area contributed by atoms with Gasteiger partial charge >= 0.3 is 15.6 Å². The summed E-state index contributed by atoms with van der Waals surface area (Å²) in [4.78, 5) is 3.26. The van der Waals surface area contributed by atoms with Crippen LogP contribution in [-0.4, -0.2) is 18.9 Å². The average Bonchev–Trinajstić information content (AvgIpc) is 2.73. The second-order valence-electron chi connectivity index (χ2n) is 3.63. The highest BCUT2D eigenvalue weighted by atomic mass is 32.2. The average molecular weight is 329 g/mol. The van der Waals surface area contributed by atoms with Crippen LogP contribution >= 0.6 is 0 Å². The summed E-state index contributed by atoms with van der Waals surface area (Å²) in [7, 11) is -5.91. The maximum absolute atomic E-state index is 13.0. The lowest BCUT2D eigenvalue weighted by Gasteiger charge is -2.05. The Balaban J connectivity index is 2.31. The molecular weight excluding hydrogens is 325 g/mol. The standard InChI is InChI=1S/C10H4F5NO4S/c11-6-1-5(2-7(12)3-6)9-16-8(4-19-9)20-21(17,18)10(13,14)15/h1-4H. The summed E-state index contributed by atoms with van der Waals surface area (Å²) < 4.78 is 91.9. The molecule has 11 heteroatoms. The molecule has 0 saturated carbocycles. The number of aromatic nitrogens is 1. The zero-order valence-electron chi connectivity index (χ0n) is 9.69. The summed E-state index contributed by atoms with van der Waals surface area (Å²) in [5.41, 5.74) is -5.89. The van der Waals surface area contributed by atoms with E-state index in [0.717, 1.165) is 12.1 Å². The minimum absolute atomic E-state index is 0.244. The molecule has 0 radical (unpaired) electrons. The van der Waals surface area contributed by atoms with Crippen LogP contribution in [0.5, 0.6) is 5.88 Å². The molecule has 1 aromatic carbocycles. The maximum atomic E-state index is 13.0. The number of halogens is 5. The van der Waals surface area contributed by atoms with Crippen molar-refractivity contribution in [3.63, 3.8) is 0 Å². The van der Waals surface area contributed by atoms with E-state index in [1.54, 1.807) is 0 Å². The van der Waals surface area contributed by atoms with Crippen LogP contribution in [0, 0.1) is 11.6 Å². The van der Waals surface area contributed by atoms with Gasteiger partial charge in [0.2, 0.25) is 5.89 Å². The third-order valence-electron chi connectivity index (χ3n) is 2.07. The van der Waals surface area contributed by atoms with Crippen LogP contribution in [0.3, 0.4) is 0 Å². The molecule has 21 heavy (non-hydrogen) atoms. The number of alkyl halides is 3. The molecule has 0 fully saturated rings. The van der Waals surface area contributed by atoms with Crippen LogP contribution in [0.4, 0.5) is 22.0 Å². The predicted molar refractivity (Wildman–Crippen MR) is 57.5 cm³/mol. The lowest BCUT2D eigenvalue weighted by atomic mass is 10.2. The molecule has 0 amide bonds. The molecule has 0 N–H and O–H groups in total. The molecule has 0 atom stereocenters. The third kappa shape index (κ3) is 3.29. The van der Waals surface area contributed by atoms with Gasteiger partial charge in [-0.15, -0.1) is 0 Å². The van der Waals surface area contributed by atoms with Gasteiger partial charge in [-0.05, 0) is 12.1 Å². The molecule has 0 unspecified atom stereocenters. The third-order valence-corrected chi connectivity index (χ3v) is 3.03. The van der Waals surface area contributed by atoms with Gasteiger partial charge in [0.05, 0.1) is 0 Å². The van der Waals surface area contributed by atoms with E-state index in [4.69, 9.17) is 0 Å². The number of hydrogen-bond acceptors (Lipinski definition) is 5. The fourth-order valence-corrected chi connectivity index (χ4v) is 1.66. The van der Waals surface area contributed by atoms with E-state index in [1.165, 1.54) is 0 Å². The number of rotatable bonds is 3. The van der Waals surface area contributed by atoms with Gasteiger partial charge in [-0.1, -0.05) is 0 Å². The smallest absolute Gasteiger partial charge is 0.440 e. The molecule has 0 aliphatic heterocycles. The monoisotopic (exact) mass is 329 g/mol. The van der Waals surface area contributed by atoms with Gasteiger partial charge in [-0.3, -0.25) is 0 Å². The zero-order chi connectivity index (χ0) is 15.8. The van der Waals surface area contributed by atoms with Gasteiger partial charge in [-0.25, -0.2) is 8.78 Å². The highest BCUT2D eigenvalue weighted by Crippen LogP contribution is 2.28. The maximum Gasteiger partial charge on any atom is 0.534 e. The summed E-state index contributed by atoms with van der Waals surface area (Å²) in [5.74, 6) is -3.49. The molecule has 5 nitrogen and oxygen atoms in total. The molecule has 1 aromatic heterocycles. The van der Waals surface area contributed by atoms with E-state index in [-0.39, 0.29) is 5.56 Å². The van der Waals surface area contributed by atoms with Gasteiger partial charge in [0.25, 0.3) is 5.88 Å². The molecule has 1 heterocycles. The Bertz CT molecular complexity index is 748. The quantitative estimate of drug-likeness (QED) is 0.492. The van der Waals surface area contributed by atoms with Crippen LogP contribution in [0.25, 0.3) is 11.5 Å². The Morgan fingerprint density at radius 3 is 2.19 bits per heavy atom. The van der Waals surface area contributed by atoms with Gasteiger partial charge in [0.1, 0.15) is 11.6 Å². The Kier molecular flexibility index (Phi) is 3.61. The largest absolute Gasteiger partial charge is 0.534 e. The van der Waals surface area contributed by atoms with E-state index < -0.39 is 39.0 Å². The van der Waals surface area contributed by atoms with Crippen molar-refractivity contribution in [2.24, 2.45) is 0 Å². The number of nitrogens with zero attached hydrogens (tertiary/aromatic N) is 1. The van der Waals surface area contributed by atoms with Crippen molar-refractivity contribution in [1.29, 1.82) is 0 Å². The summed E-state index contributed by atoms with van der Waals surface area (Å²) in [6.45, 7) is 0. The molecule has 0 saturated heterocycles. The minimum Gasteiger partial charge on any atom is -0.440 e. The number of hydrogen-bond donors (Lipinski definition) is 0. The summed E-state index contributed by atoms with van der Waals surface area (Å²) in [6, 6.07) is 2.13. The Morgan fingerprint density at radius 1 is 1.10 bits per heavy atom. The second kappa shape index (κ2) is 4.98. The molecule has 2 rings (SSSR count). The fourth-order valence-electron chi connectivity index (χ4n) is 1.27. The number of oxazole rings is 1. The topological polar surface area (TPSA) is 69.4 Å². The molecule has 114 valence electrons. The van der Waals surface area contributed by atoms with Crippen LogP contribution < -0.4 is 4.18 Å². The van der Waals surface area contributed by atoms with Crippen molar-refractivity contribution in [3.05, 3.63) is 36.1 Å². The highest BCUT2D eigenvalue weighted by molar-refractivity contribution is 7.87. The lowest BCUT2D eigenvalue weighted by molar-refractivity contribution is -0.0501. The molecule has 0 aliphatic rings. The first-order chi connectivity index (χ1) is 9.58. The van der Waals surface area contributed by atoms with Gasteiger partial charge in [0, 0.05) is 11.6 Å². The number of benzene rings is 1. The summed E-state index contributed by atoms with van der Waals surface area (Å²) >= 11 is 0. The van der Waals surface area contributed by atoms with Crippen LogP contribution in [-0.2, 0) is 10.1 Å². The van der Waals surface area contributed by atoms with E-state index in [2.05, 4.69) is 13.6 Å². The van der Waals surface area contributed by atoms with Crippen LogP contribution in [0.2, 0.25) is 0 Å². The van der Waals surface area contributed by atoms with E-state index in [0.29, 0.717) is 12.3 Å². The molecule has 0 aliphatic carbocycles. The van der Waals surface area contributed by atoms with Crippen molar-refractivity contribution in [2.75, 3.05) is 0 Å². The van der Waals surface area contributed by atoms with Gasteiger partial charge in [-0.2, -0.15) is 26.6 Å². The van der Waals surface area contributed by atoms with E-state index >= 15 is 0 Å². The van der Waals surface area contributed by atoms with Gasteiger partial charge < -0.3 is 8.60 Å². The Hall–Kier alpha value is -2.17. The van der Waals surface area contributed by atoms with Crippen molar-refractivity contribution < 1.29 is 39.0 Å². The van der Waals surface area contributed by atoms with Crippen LogP contribution in [0.1, 0.15) is 0 Å². The SMILES string of the molecule is O=S(=O)(Oc1coc(-c2cc(F)cc(F)c2)n1)C(F)(F)F. The van der Waals surface area contributed by atoms with Crippen molar-refractivity contribution in [3.8, 4) is 17.3 Å². The zero-order valence-corrected chi connectivity index (χ0v) is 10.5. The molecule has 2 aromatic rings. The minimum atomic E-state index is -5.91. The molecule has 0 bridgehead atoms. The van der Waals surface area contributed by atoms with E-state index in [9.17, 15) is 30.4 Å².